The van der Waals surface area contributed by atoms with E-state index in [1.54, 1.807) is 6.33 Å². The second-order valence-corrected chi connectivity index (χ2v) is 5.80. The molecule has 4 heteroatoms. The van der Waals surface area contributed by atoms with Gasteiger partial charge in [-0.05, 0) is 24.9 Å². The van der Waals surface area contributed by atoms with Gasteiger partial charge < -0.3 is 5.73 Å². The third-order valence-electron chi connectivity index (χ3n) is 3.46. The number of hydrogen-bond donors (Lipinski definition) is 1. The second-order valence-electron chi connectivity index (χ2n) is 5.80. The highest BCUT2D eigenvalue weighted by molar-refractivity contribution is 5.26. The summed E-state index contributed by atoms with van der Waals surface area (Å²) in [4.78, 5) is 4.40. The third kappa shape index (κ3) is 3.67. The maximum atomic E-state index is 5.97. The molecule has 1 heterocycles. The van der Waals surface area contributed by atoms with Gasteiger partial charge in [-0.1, -0.05) is 43.7 Å². The van der Waals surface area contributed by atoms with Gasteiger partial charge in [0.2, 0.25) is 0 Å². The van der Waals surface area contributed by atoms with E-state index < -0.39 is 0 Å². The van der Waals surface area contributed by atoms with Crippen LogP contribution < -0.4 is 5.73 Å². The van der Waals surface area contributed by atoms with Crippen molar-refractivity contribution in [3.63, 3.8) is 0 Å². The van der Waals surface area contributed by atoms with Gasteiger partial charge in [-0.25, -0.2) is 9.67 Å². The van der Waals surface area contributed by atoms with Gasteiger partial charge in [0, 0.05) is 18.9 Å². The maximum Gasteiger partial charge on any atom is 0.138 e. The average Bonchev–Trinajstić information content (AvgIpc) is 2.82. The molecule has 4 nitrogen and oxygen atoms in total. The Morgan fingerprint density at radius 2 is 2.10 bits per heavy atom. The van der Waals surface area contributed by atoms with Crippen LogP contribution in [0.25, 0.3) is 0 Å². The van der Waals surface area contributed by atoms with Crippen molar-refractivity contribution in [2.45, 2.75) is 39.7 Å². The van der Waals surface area contributed by atoms with Gasteiger partial charge in [0.15, 0.2) is 0 Å². The van der Waals surface area contributed by atoms with Gasteiger partial charge in [0.1, 0.15) is 12.2 Å². The number of hydrogen-bond acceptors (Lipinski definition) is 3. The average molecular weight is 272 g/mol. The smallest absolute Gasteiger partial charge is 0.138 e. The fourth-order valence-electron chi connectivity index (χ4n) is 2.43. The monoisotopic (exact) mass is 272 g/mol. The Labute approximate surface area is 121 Å². The molecule has 0 fully saturated rings. The van der Waals surface area contributed by atoms with Crippen LogP contribution in [0.4, 0.5) is 0 Å². The minimum atomic E-state index is 0.296. The number of nitrogens with zero attached hydrogens (tertiary/aromatic N) is 3. The molecule has 0 aliphatic heterocycles. The van der Waals surface area contributed by atoms with Crippen molar-refractivity contribution in [3.8, 4) is 0 Å². The fourth-order valence-corrected chi connectivity index (χ4v) is 2.43. The van der Waals surface area contributed by atoms with Crippen molar-refractivity contribution >= 4 is 0 Å². The predicted octanol–water partition coefficient (Wildman–Crippen LogP) is 2.53. The zero-order valence-corrected chi connectivity index (χ0v) is 12.6. The fraction of sp³-hybridized carbons (Fsp3) is 0.500. The molecule has 0 spiro atoms. The van der Waals surface area contributed by atoms with E-state index in [0.717, 1.165) is 18.8 Å². The van der Waals surface area contributed by atoms with Gasteiger partial charge in [-0.15, -0.1) is 0 Å². The van der Waals surface area contributed by atoms with E-state index in [1.807, 2.05) is 4.68 Å². The quantitative estimate of drug-likeness (QED) is 0.879. The molecule has 0 bridgehead atoms. The molecular weight excluding hydrogens is 248 g/mol. The minimum absolute atomic E-state index is 0.296. The van der Waals surface area contributed by atoms with Crippen LogP contribution in [0.3, 0.4) is 0 Å². The van der Waals surface area contributed by atoms with E-state index in [-0.39, 0.29) is 0 Å². The summed E-state index contributed by atoms with van der Waals surface area (Å²) in [6.45, 7) is 8.01. The number of benzene rings is 1. The van der Waals surface area contributed by atoms with Crippen LogP contribution in [0.1, 0.15) is 36.7 Å². The maximum absolute atomic E-state index is 5.97. The lowest BCUT2D eigenvalue weighted by Crippen LogP contribution is -2.19. The third-order valence-corrected chi connectivity index (χ3v) is 3.46. The summed E-state index contributed by atoms with van der Waals surface area (Å²) in [7, 11) is 0. The van der Waals surface area contributed by atoms with Crippen molar-refractivity contribution in [2.75, 3.05) is 6.54 Å². The minimum Gasteiger partial charge on any atom is -0.330 e. The summed E-state index contributed by atoms with van der Waals surface area (Å²) in [5, 5.41) is 4.32. The lowest BCUT2D eigenvalue weighted by molar-refractivity contribution is 0.459. The summed E-state index contributed by atoms with van der Waals surface area (Å²) >= 11 is 0. The van der Waals surface area contributed by atoms with Gasteiger partial charge >= 0.3 is 0 Å². The van der Waals surface area contributed by atoms with Crippen molar-refractivity contribution in [1.29, 1.82) is 0 Å². The Morgan fingerprint density at radius 1 is 1.30 bits per heavy atom. The molecule has 1 unspecified atom stereocenters. The summed E-state index contributed by atoms with van der Waals surface area (Å²) in [5.41, 5.74) is 8.52. The lowest BCUT2D eigenvalue weighted by Gasteiger charge is -2.16. The predicted molar refractivity (Wildman–Crippen MR) is 81.5 cm³/mol. The largest absolute Gasteiger partial charge is 0.330 e. The van der Waals surface area contributed by atoms with E-state index >= 15 is 0 Å². The standard InChI is InChI=1S/C16H24N4/c1-12(2)10-20-16(18-11-19-20)8-15(9-17)14-6-4-5-13(3)7-14/h4-7,11-12,15H,8-10,17H2,1-3H3. The van der Waals surface area contributed by atoms with Gasteiger partial charge in [-0.3, -0.25) is 0 Å². The molecular formula is C16H24N4. The van der Waals surface area contributed by atoms with Crippen LogP contribution in [0.2, 0.25) is 0 Å². The second kappa shape index (κ2) is 6.66. The summed E-state index contributed by atoms with van der Waals surface area (Å²) < 4.78 is 2.00. The SMILES string of the molecule is Cc1cccc(C(CN)Cc2ncnn2CC(C)C)c1. The molecule has 0 amide bonds. The normalized spacial score (nSPS) is 12.8. The number of nitrogens with two attached hydrogens (primary N) is 1. The van der Waals surface area contributed by atoms with E-state index in [9.17, 15) is 0 Å². The molecule has 0 aliphatic rings. The van der Waals surface area contributed by atoms with Crippen LogP contribution in [0.15, 0.2) is 30.6 Å². The number of aromatic nitrogens is 3. The molecule has 1 atom stereocenters. The number of aryl methyl sites for hydroxylation is 1. The molecule has 2 N–H and O–H groups in total. The number of rotatable bonds is 6. The molecule has 0 aliphatic carbocycles. The Kier molecular flexibility index (Phi) is 4.90. The van der Waals surface area contributed by atoms with Crippen LogP contribution in [-0.2, 0) is 13.0 Å². The summed E-state index contributed by atoms with van der Waals surface area (Å²) in [6, 6.07) is 8.55. The van der Waals surface area contributed by atoms with Gasteiger partial charge in [0.05, 0.1) is 0 Å². The summed E-state index contributed by atoms with van der Waals surface area (Å²) in [5.74, 6) is 1.88. The van der Waals surface area contributed by atoms with Crippen LogP contribution in [0.5, 0.6) is 0 Å². The first kappa shape index (κ1) is 14.7. The first-order chi connectivity index (χ1) is 9.60. The highest BCUT2D eigenvalue weighted by Crippen LogP contribution is 2.20. The van der Waals surface area contributed by atoms with Crippen molar-refractivity contribution in [3.05, 3.63) is 47.5 Å². The zero-order chi connectivity index (χ0) is 14.5. The topological polar surface area (TPSA) is 56.7 Å². The van der Waals surface area contributed by atoms with E-state index in [4.69, 9.17) is 5.73 Å². The molecule has 0 saturated carbocycles. The molecule has 1 aromatic carbocycles. The van der Waals surface area contributed by atoms with Crippen LogP contribution in [0, 0.1) is 12.8 Å². The van der Waals surface area contributed by atoms with E-state index in [0.29, 0.717) is 18.4 Å². The van der Waals surface area contributed by atoms with Crippen molar-refractivity contribution in [2.24, 2.45) is 11.7 Å². The highest BCUT2D eigenvalue weighted by atomic mass is 15.3. The Bertz CT molecular complexity index is 545. The van der Waals surface area contributed by atoms with Gasteiger partial charge in [0.25, 0.3) is 0 Å². The molecule has 2 aromatic rings. The zero-order valence-electron chi connectivity index (χ0n) is 12.6. The van der Waals surface area contributed by atoms with Gasteiger partial charge in [-0.2, -0.15) is 5.10 Å². The van der Waals surface area contributed by atoms with E-state index in [1.165, 1.54) is 11.1 Å². The molecule has 0 radical (unpaired) electrons. The highest BCUT2D eigenvalue weighted by Gasteiger charge is 2.15. The summed E-state index contributed by atoms with van der Waals surface area (Å²) in [6.07, 6.45) is 2.48. The Balaban J connectivity index is 2.16. The van der Waals surface area contributed by atoms with E-state index in [2.05, 4.69) is 55.1 Å². The molecule has 108 valence electrons. The molecule has 2 rings (SSSR count). The Morgan fingerprint density at radius 3 is 2.75 bits per heavy atom. The molecule has 0 saturated heterocycles. The van der Waals surface area contributed by atoms with Crippen molar-refractivity contribution < 1.29 is 0 Å². The lowest BCUT2D eigenvalue weighted by atomic mass is 9.94. The molecule has 1 aromatic heterocycles. The Hall–Kier alpha value is -1.68. The van der Waals surface area contributed by atoms with Crippen molar-refractivity contribution in [1.82, 2.24) is 14.8 Å². The molecule has 20 heavy (non-hydrogen) atoms. The van der Waals surface area contributed by atoms with Crippen LogP contribution >= 0.6 is 0 Å². The first-order valence-electron chi connectivity index (χ1n) is 7.23. The first-order valence-corrected chi connectivity index (χ1v) is 7.23. The van der Waals surface area contributed by atoms with Crippen LogP contribution in [-0.4, -0.2) is 21.3 Å².